The second-order valence-corrected chi connectivity index (χ2v) is 8.09. The van der Waals surface area contributed by atoms with Gasteiger partial charge in [-0.1, -0.05) is 32.8 Å². The topological polar surface area (TPSA) is 35.5 Å². The van der Waals surface area contributed by atoms with E-state index in [1.807, 2.05) is 13.8 Å². The molecule has 0 bridgehead atoms. The quantitative estimate of drug-likeness (QED) is 0.261. The molecule has 0 amide bonds. The van der Waals surface area contributed by atoms with Crippen LogP contribution in [0.5, 0.6) is 0 Å². The Morgan fingerprint density at radius 3 is 2.00 bits per heavy atom. The van der Waals surface area contributed by atoms with Crippen LogP contribution in [0.4, 0.5) is 0 Å². The SMILES string of the molecule is C=CC.CCCCCOP(=O)(CC)OCC[N+](C)(C)C. The smallest absolute Gasteiger partial charge is 0.329 e. The molecule has 0 aromatic heterocycles. The van der Waals surface area contributed by atoms with Gasteiger partial charge in [-0.05, 0) is 13.3 Å². The van der Waals surface area contributed by atoms with E-state index in [0.29, 0.717) is 19.4 Å². The Labute approximate surface area is 126 Å². The molecule has 0 heterocycles. The van der Waals surface area contributed by atoms with Crippen LogP contribution in [0.25, 0.3) is 0 Å². The highest BCUT2D eigenvalue weighted by molar-refractivity contribution is 7.53. The van der Waals surface area contributed by atoms with Crippen molar-refractivity contribution in [2.75, 3.05) is 47.1 Å². The van der Waals surface area contributed by atoms with Gasteiger partial charge in [0.05, 0.1) is 27.7 Å². The summed E-state index contributed by atoms with van der Waals surface area (Å²) in [5.74, 6) is 0. The molecule has 0 spiro atoms. The third-order valence-electron chi connectivity index (χ3n) is 2.47. The van der Waals surface area contributed by atoms with E-state index in [-0.39, 0.29) is 0 Å². The van der Waals surface area contributed by atoms with Crippen molar-refractivity contribution in [3.05, 3.63) is 12.7 Å². The molecule has 0 N–H and O–H groups in total. The van der Waals surface area contributed by atoms with Crippen LogP contribution < -0.4 is 0 Å². The van der Waals surface area contributed by atoms with E-state index in [4.69, 9.17) is 9.05 Å². The Balaban J connectivity index is 0. The van der Waals surface area contributed by atoms with Gasteiger partial charge in [0, 0.05) is 6.16 Å². The van der Waals surface area contributed by atoms with E-state index in [1.165, 1.54) is 0 Å². The Morgan fingerprint density at radius 2 is 1.60 bits per heavy atom. The summed E-state index contributed by atoms with van der Waals surface area (Å²) in [4.78, 5) is 0. The summed E-state index contributed by atoms with van der Waals surface area (Å²) in [5, 5.41) is 0. The molecule has 122 valence electrons. The van der Waals surface area contributed by atoms with Crippen LogP contribution in [-0.4, -0.2) is 51.5 Å². The number of hydrogen-bond acceptors (Lipinski definition) is 3. The normalized spacial score (nSPS) is 14.1. The summed E-state index contributed by atoms with van der Waals surface area (Å²) < 4.78 is 23.9. The van der Waals surface area contributed by atoms with Crippen molar-refractivity contribution in [1.29, 1.82) is 0 Å². The Morgan fingerprint density at radius 1 is 1.10 bits per heavy atom. The summed E-state index contributed by atoms with van der Waals surface area (Å²) in [6.07, 6.45) is 5.42. The van der Waals surface area contributed by atoms with Gasteiger partial charge in [-0.15, -0.1) is 6.58 Å². The lowest BCUT2D eigenvalue weighted by molar-refractivity contribution is -0.870. The van der Waals surface area contributed by atoms with Gasteiger partial charge in [0.15, 0.2) is 0 Å². The number of likely N-dealkylation sites (N-methyl/N-ethyl adjacent to an activating group) is 1. The Kier molecular flexibility index (Phi) is 13.9. The molecule has 0 aromatic carbocycles. The van der Waals surface area contributed by atoms with E-state index < -0.39 is 7.60 Å². The Hall–Kier alpha value is -0.150. The number of rotatable bonds is 10. The van der Waals surface area contributed by atoms with Crippen LogP contribution >= 0.6 is 7.60 Å². The maximum absolute atomic E-state index is 12.2. The average molecular weight is 308 g/mol. The molecule has 4 nitrogen and oxygen atoms in total. The first-order valence-electron chi connectivity index (χ1n) is 7.50. The van der Waals surface area contributed by atoms with Gasteiger partial charge in [-0.25, -0.2) is 0 Å². The maximum atomic E-state index is 12.2. The fourth-order valence-electron chi connectivity index (χ4n) is 1.23. The standard InChI is InChI=1S/C12H29NO3P.C3H6/c1-6-8-9-11-15-17(14,7-2)16-12-10-13(3,4)5;1-3-2/h6-12H2,1-5H3;3H,1H2,2H3/q+1;. The van der Waals surface area contributed by atoms with Crippen LogP contribution in [0.15, 0.2) is 12.7 Å². The molecular formula is C15H35NO3P+. The van der Waals surface area contributed by atoms with E-state index in [1.54, 1.807) is 6.08 Å². The summed E-state index contributed by atoms with van der Waals surface area (Å²) >= 11 is 0. The first-order valence-corrected chi connectivity index (χ1v) is 9.23. The van der Waals surface area contributed by atoms with Gasteiger partial charge in [0.25, 0.3) is 0 Å². The number of unbranched alkanes of at least 4 members (excludes halogenated alkanes) is 2. The molecule has 0 rings (SSSR count). The lowest BCUT2D eigenvalue weighted by Gasteiger charge is -2.25. The van der Waals surface area contributed by atoms with Gasteiger partial charge in [-0.2, -0.15) is 0 Å². The zero-order valence-electron chi connectivity index (χ0n) is 14.4. The van der Waals surface area contributed by atoms with Crippen molar-refractivity contribution in [3.8, 4) is 0 Å². The molecular weight excluding hydrogens is 273 g/mol. The Bertz CT molecular complexity index is 275. The minimum absolute atomic E-state index is 0.455. The first kappa shape index (κ1) is 22.1. The number of allylic oxidation sites excluding steroid dienone is 1. The minimum Gasteiger partial charge on any atom is -0.329 e. The van der Waals surface area contributed by atoms with E-state index in [2.05, 4.69) is 34.6 Å². The predicted octanol–water partition coefficient (Wildman–Crippen LogP) is 4.32. The van der Waals surface area contributed by atoms with E-state index in [9.17, 15) is 4.57 Å². The molecule has 0 aliphatic rings. The molecule has 0 fully saturated rings. The molecule has 0 aromatic rings. The fraction of sp³-hybridized carbons (Fsp3) is 0.867. The third kappa shape index (κ3) is 15.9. The van der Waals surface area contributed by atoms with Crippen molar-refractivity contribution in [3.63, 3.8) is 0 Å². The van der Waals surface area contributed by atoms with Gasteiger partial charge < -0.3 is 13.5 Å². The number of hydrogen-bond donors (Lipinski definition) is 0. The van der Waals surface area contributed by atoms with E-state index >= 15 is 0 Å². The molecule has 0 aliphatic heterocycles. The molecule has 0 saturated heterocycles. The molecule has 0 aliphatic carbocycles. The van der Waals surface area contributed by atoms with Crippen LogP contribution in [0, 0.1) is 0 Å². The highest BCUT2D eigenvalue weighted by Gasteiger charge is 2.22. The molecule has 1 unspecified atom stereocenters. The summed E-state index contributed by atoms with van der Waals surface area (Å²) in [5.41, 5.74) is 0. The predicted molar refractivity (Wildman–Crippen MR) is 88.3 cm³/mol. The minimum atomic E-state index is -2.84. The molecule has 0 radical (unpaired) electrons. The van der Waals surface area contributed by atoms with Crippen LogP contribution in [0.3, 0.4) is 0 Å². The number of quaternary nitrogens is 1. The molecule has 20 heavy (non-hydrogen) atoms. The second-order valence-electron chi connectivity index (χ2n) is 5.72. The monoisotopic (exact) mass is 308 g/mol. The van der Waals surface area contributed by atoms with Crippen molar-refractivity contribution < 1.29 is 18.1 Å². The van der Waals surface area contributed by atoms with Crippen molar-refractivity contribution in [2.45, 2.75) is 40.0 Å². The molecule has 1 atom stereocenters. The number of nitrogens with zero attached hydrogens (tertiary/aromatic N) is 1. The molecule has 0 saturated carbocycles. The molecule has 5 heteroatoms. The average Bonchev–Trinajstić information content (AvgIpc) is 2.34. The van der Waals surface area contributed by atoms with Gasteiger partial charge in [0.2, 0.25) is 0 Å². The largest absolute Gasteiger partial charge is 0.330 e. The van der Waals surface area contributed by atoms with Crippen LogP contribution in [0.2, 0.25) is 0 Å². The van der Waals surface area contributed by atoms with Crippen LogP contribution in [0.1, 0.15) is 40.0 Å². The van der Waals surface area contributed by atoms with Gasteiger partial charge in [-0.3, -0.25) is 4.57 Å². The second kappa shape index (κ2) is 12.6. The third-order valence-corrected chi connectivity index (χ3v) is 4.40. The highest BCUT2D eigenvalue weighted by Crippen LogP contribution is 2.47. The lowest BCUT2D eigenvalue weighted by Crippen LogP contribution is -2.37. The van der Waals surface area contributed by atoms with Crippen molar-refractivity contribution in [2.24, 2.45) is 0 Å². The first-order chi connectivity index (χ1) is 9.24. The summed E-state index contributed by atoms with van der Waals surface area (Å²) in [6.45, 7) is 11.1. The van der Waals surface area contributed by atoms with Crippen molar-refractivity contribution in [1.82, 2.24) is 0 Å². The van der Waals surface area contributed by atoms with E-state index in [0.717, 1.165) is 30.3 Å². The van der Waals surface area contributed by atoms with Crippen LogP contribution in [-0.2, 0) is 13.6 Å². The lowest BCUT2D eigenvalue weighted by atomic mass is 10.3. The maximum Gasteiger partial charge on any atom is 0.330 e. The zero-order chi connectivity index (χ0) is 16.1. The van der Waals surface area contributed by atoms with Gasteiger partial charge >= 0.3 is 7.60 Å². The highest BCUT2D eigenvalue weighted by atomic mass is 31.2. The summed E-state index contributed by atoms with van der Waals surface area (Å²) in [6, 6.07) is 0. The summed E-state index contributed by atoms with van der Waals surface area (Å²) in [7, 11) is 3.42. The fourth-order valence-corrected chi connectivity index (χ4v) is 2.44. The van der Waals surface area contributed by atoms with Gasteiger partial charge in [0.1, 0.15) is 13.2 Å². The zero-order valence-corrected chi connectivity index (χ0v) is 15.2. The van der Waals surface area contributed by atoms with Crippen molar-refractivity contribution >= 4 is 7.60 Å².